The quantitative estimate of drug-likeness (QED) is 0.907. The van der Waals surface area contributed by atoms with E-state index in [0.717, 1.165) is 23.8 Å². The molecule has 1 aromatic heterocycles. The Kier molecular flexibility index (Phi) is 3.78. The van der Waals surface area contributed by atoms with Crippen LogP contribution in [-0.4, -0.2) is 15.6 Å². The van der Waals surface area contributed by atoms with Gasteiger partial charge in [0.05, 0.1) is 23.4 Å². The summed E-state index contributed by atoms with van der Waals surface area (Å²) in [4.78, 5) is 4.61. The van der Waals surface area contributed by atoms with E-state index in [9.17, 15) is 0 Å². The van der Waals surface area contributed by atoms with Crippen molar-refractivity contribution < 1.29 is 0 Å². The van der Waals surface area contributed by atoms with E-state index in [1.807, 2.05) is 6.33 Å². The molecule has 3 rings (SSSR count). The third kappa shape index (κ3) is 2.59. The van der Waals surface area contributed by atoms with Gasteiger partial charge in [0.25, 0.3) is 0 Å². The molecule has 3 atom stereocenters. The lowest BCUT2D eigenvalue weighted by Crippen LogP contribution is -2.38. The van der Waals surface area contributed by atoms with Gasteiger partial charge in [-0.2, -0.15) is 0 Å². The van der Waals surface area contributed by atoms with Gasteiger partial charge < -0.3 is 10.3 Å². The lowest BCUT2D eigenvalue weighted by atomic mass is 9.77. The molecule has 2 aromatic rings. The Bertz CT molecular complexity index is 641. The van der Waals surface area contributed by atoms with Gasteiger partial charge in [-0.15, -0.1) is 0 Å². The fourth-order valence-corrected chi connectivity index (χ4v) is 3.67. The Morgan fingerprint density at radius 2 is 1.90 bits per heavy atom. The van der Waals surface area contributed by atoms with Crippen molar-refractivity contribution in [1.82, 2.24) is 9.55 Å². The van der Waals surface area contributed by atoms with E-state index in [-0.39, 0.29) is 6.04 Å². The number of imidazole rings is 1. The zero-order chi connectivity index (χ0) is 15.1. The standard InChI is InChI=1S/C18H27N3/c1-11(2)14-5-6-15(19)17(9-14)21-10-20-16-7-12(3)13(4)8-18(16)21/h7-8,10-11,14-15,17H,5-6,9,19H2,1-4H3. The maximum Gasteiger partial charge on any atom is 0.0961 e. The van der Waals surface area contributed by atoms with Gasteiger partial charge in [-0.1, -0.05) is 13.8 Å². The van der Waals surface area contributed by atoms with Crippen LogP contribution in [0.4, 0.5) is 0 Å². The average Bonchev–Trinajstić information content (AvgIpc) is 2.82. The molecule has 1 aromatic carbocycles. The maximum atomic E-state index is 6.44. The molecular weight excluding hydrogens is 258 g/mol. The van der Waals surface area contributed by atoms with Gasteiger partial charge in [0, 0.05) is 6.04 Å². The number of nitrogens with two attached hydrogens (primary N) is 1. The number of aromatic nitrogens is 2. The van der Waals surface area contributed by atoms with E-state index in [1.54, 1.807) is 0 Å². The highest BCUT2D eigenvalue weighted by Crippen LogP contribution is 2.37. The maximum absolute atomic E-state index is 6.44. The van der Waals surface area contributed by atoms with E-state index in [0.29, 0.717) is 6.04 Å². The summed E-state index contributed by atoms with van der Waals surface area (Å²) in [7, 11) is 0. The topological polar surface area (TPSA) is 43.8 Å². The number of nitrogens with zero attached hydrogens (tertiary/aromatic N) is 2. The van der Waals surface area contributed by atoms with Gasteiger partial charge in [0.1, 0.15) is 0 Å². The van der Waals surface area contributed by atoms with Crippen LogP contribution in [0.3, 0.4) is 0 Å². The van der Waals surface area contributed by atoms with E-state index in [4.69, 9.17) is 5.73 Å². The number of fused-ring (bicyclic) bond motifs is 1. The van der Waals surface area contributed by atoms with Crippen molar-refractivity contribution in [3.63, 3.8) is 0 Å². The summed E-state index contributed by atoms with van der Waals surface area (Å²) in [5.41, 5.74) is 11.4. The van der Waals surface area contributed by atoms with Crippen molar-refractivity contribution in [1.29, 1.82) is 0 Å². The van der Waals surface area contributed by atoms with Gasteiger partial charge in [-0.25, -0.2) is 4.98 Å². The molecule has 0 aliphatic heterocycles. The number of rotatable bonds is 2. The van der Waals surface area contributed by atoms with E-state index >= 15 is 0 Å². The second-order valence-electron chi connectivity index (χ2n) is 7.13. The average molecular weight is 285 g/mol. The largest absolute Gasteiger partial charge is 0.326 e. The number of hydrogen-bond donors (Lipinski definition) is 1. The smallest absolute Gasteiger partial charge is 0.0961 e. The van der Waals surface area contributed by atoms with Crippen LogP contribution in [-0.2, 0) is 0 Å². The zero-order valence-corrected chi connectivity index (χ0v) is 13.6. The molecule has 2 N–H and O–H groups in total. The van der Waals surface area contributed by atoms with Crippen LogP contribution in [0.15, 0.2) is 18.5 Å². The van der Waals surface area contributed by atoms with E-state index < -0.39 is 0 Å². The first-order valence-corrected chi connectivity index (χ1v) is 8.16. The van der Waals surface area contributed by atoms with Crippen molar-refractivity contribution in [2.24, 2.45) is 17.6 Å². The van der Waals surface area contributed by atoms with Crippen LogP contribution in [0, 0.1) is 25.7 Å². The molecule has 1 aliphatic rings. The molecule has 1 saturated carbocycles. The second-order valence-corrected chi connectivity index (χ2v) is 7.13. The van der Waals surface area contributed by atoms with Crippen LogP contribution in [0.2, 0.25) is 0 Å². The summed E-state index contributed by atoms with van der Waals surface area (Å²) >= 11 is 0. The molecular formula is C18H27N3. The van der Waals surface area contributed by atoms with Gasteiger partial charge in [0.2, 0.25) is 0 Å². The summed E-state index contributed by atoms with van der Waals surface area (Å²) in [5, 5.41) is 0. The van der Waals surface area contributed by atoms with Crippen molar-refractivity contribution in [2.75, 3.05) is 0 Å². The first-order valence-electron chi connectivity index (χ1n) is 8.16. The lowest BCUT2D eigenvalue weighted by Gasteiger charge is -2.37. The second kappa shape index (κ2) is 5.45. The molecule has 0 saturated heterocycles. The Hall–Kier alpha value is -1.35. The van der Waals surface area contributed by atoms with E-state index in [1.165, 1.54) is 29.5 Å². The number of benzene rings is 1. The molecule has 1 aliphatic carbocycles. The summed E-state index contributed by atoms with van der Waals surface area (Å²) in [6.45, 7) is 8.98. The van der Waals surface area contributed by atoms with Crippen LogP contribution < -0.4 is 5.73 Å². The molecule has 114 valence electrons. The summed E-state index contributed by atoms with van der Waals surface area (Å²) < 4.78 is 2.33. The minimum absolute atomic E-state index is 0.249. The Labute approximate surface area is 127 Å². The molecule has 0 radical (unpaired) electrons. The molecule has 3 heteroatoms. The SMILES string of the molecule is Cc1cc2ncn(C3CC(C(C)C)CCC3N)c2cc1C. The van der Waals surface area contributed by atoms with Gasteiger partial charge in [-0.3, -0.25) is 0 Å². The zero-order valence-electron chi connectivity index (χ0n) is 13.6. The molecule has 1 heterocycles. The third-order valence-electron chi connectivity index (χ3n) is 5.40. The highest BCUT2D eigenvalue weighted by Gasteiger charge is 2.31. The predicted molar refractivity (Wildman–Crippen MR) is 88.4 cm³/mol. The molecule has 0 spiro atoms. The fraction of sp³-hybridized carbons (Fsp3) is 0.611. The van der Waals surface area contributed by atoms with Gasteiger partial charge >= 0.3 is 0 Å². The minimum Gasteiger partial charge on any atom is -0.326 e. The first kappa shape index (κ1) is 14.6. The predicted octanol–water partition coefficient (Wildman–Crippen LogP) is 3.98. The fourth-order valence-electron chi connectivity index (χ4n) is 3.67. The molecule has 1 fully saturated rings. The summed E-state index contributed by atoms with van der Waals surface area (Å²) in [5.74, 6) is 1.51. The van der Waals surface area contributed by atoms with Crippen LogP contribution in [0.1, 0.15) is 50.3 Å². The van der Waals surface area contributed by atoms with Crippen LogP contribution >= 0.6 is 0 Å². The van der Waals surface area contributed by atoms with Gasteiger partial charge in [0.15, 0.2) is 0 Å². The lowest BCUT2D eigenvalue weighted by molar-refractivity contribution is 0.195. The van der Waals surface area contributed by atoms with Crippen molar-refractivity contribution in [3.8, 4) is 0 Å². The summed E-state index contributed by atoms with van der Waals surface area (Å²) in [6, 6.07) is 5.09. The third-order valence-corrected chi connectivity index (χ3v) is 5.40. The normalized spacial score (nSPS) is 26.7. The van der Waals surface area contributed by atoms with Crippen molar-refractivity contribution >= 4 is 11.0 Å². The number of aryl methyl sites for hydroxylation is 2. The van der Waals surface area contributed by atoms with Crippen molar-refractivity contribution in [3.05, 3.63) is 29.6 Å². The van der Waals surface area contributed by atoms with Gasteiger partial charge in [-0.05, 0) is 68.2 Å². The molecule has 3 unspecified atom stereocenters. The van der Waals surface area contributed by atoms with Crippen molar-refractivity contribution in [2.45, 2.75) is 59.0 Å². The van der Waals surface area contributed by atoms with E-state index in [2.05, 4.69) is 49.4 Å². The number of hydrogen-bond acceptors (Lipinski definition) is 2. The first-order chi connectivity index (χ1) is 9.97. The monoisotopic (exact) mass is 285 g/mol. The Balaban J connectivity index is 2.00. The Morgan fingerprint density at radius 1 is 1.19 bits per heavy atom. The highest BCUT2D eigenvalue weighted by atomic mass is 15.1. The highest BCUT2D eigenvalue weighted by molar-refractivity contribution is 5.77. The molecule has 3 nitrogen and oxygen atoms in total. The molecule has 0 bridgehead atoms. The van der Waals surface area contributed by atoms with Crippen LogP contribution in [0.25, 0.3) is 11.0 Å². The van der Waals surface area contributed by atoms with Crippen LogP contribution in [0.5, 0.6) is 0 Å². The minimum atomic E-state index is 0.249. The molecule has 0 amide bonds. The Morgan fingerprint density at radius 3 is 2.62 bits per heavy atom. The molecule has 21 heavy (non-hydrogen) atoms. The summed E-state index contributed by atoms with van der Waals surface area (Å²) in [6.07, 6.45) is 5.56.